The van der Waals surface area contributed by atoms with Crippen molar-refractivity contribution in [2.45, 2.75) is 46.1 Å². The maximum Gasteiger partial charge on any atom is 0.134 e. The number of aryl methyl sites for hydroxylation is 1. The number of aliphatic hydroxyl groups excluding tert-OH is 1. The lowest BCUT2D eigenvalue weighted by Crippen LogP contribution is -2.33. The molecule has 0 saturated heterocycles. The monoisotopic (exact) mass is 264 g/mol. The number of aromatic nitrogens is 2. The van der Waals surface area contributed by atoms with Crippen molar-refractivity contribution in [3.63, 3.8) is 0 Å². The van der Waals surface area contributed by atoms with E-state index in [1.54, 1.807) is 0 Å². The highest BCUT2D eigenvalue weighted by Crippen LogP contribution is 2.28. The number of hydrogen-bond acceptors (Lipinski definition) is 5. The van der Waals surface area contributed by atoms with Crippen LogP contribution in [0.1, 0.15) is 37.6 Å². The Kier molecular flexibility index (Phi) is 4.58. The van der Waals surface area contributed by atoms with Gasteiger partial charge in [0.25, 0.3) is 0 Å². The summed E-state index contributed by atoms with van der Waals surface area (Å²) in [7, 11) is 0. The second-order valence-corrected chi connectivity index (χ2v) is 5.39. The molecule has 0 radical (unpaired) electrons. The molecule has 19 heavy (non-hydrogen) atoms. The van der Waals surface area contributed by atoms with Crippen LogP contribution in [0.3, 0.4) is 0 Å². The molecule has 3 N–H and O–H groups in total. The zero-order chi connectivity index (χ0) is 13.8. The van der Waals surface area contributed by atoms with Gasteiger partial charge in [-0.3, -0.25) is 0 Å². The van der Waals surface area contributed by atoms with Crippen molar-refractivity contribution in [1.82, 2.24) is 9.97 Å². The van der Waals surface area contributed by atoms with Gasteiger partial charge in [-0.05, 0) is 39.0 Å². The lowest BCUT2D eigenvalue weighted by molar-refractivity contribution is 0.0486. The van der Waals surface area contributed by atoms with Crippen molar-refractivity contribution >= 4 is 11.6 Å². The van der Waals surface area contributed by atoms with E-state index in [1.165, 1.54) is 0 Å². The van der Waals surface area contributed by atoms with Gasteiger partial charge in [-0.15, -0.1) is 0 Å². The molecule has 1 aromatic rings. The Balaban J connectivity index is 2.00. The zero-order valence-corrected chi connectivity index (χ0v) is 12.0. The summed E-state index contributed by atoms with van der Waals surface area (Å²) in [5.41, 5.74) is 1.07. The average Bonchev–Trinajstić information content (AvgIpc) is 2.34. The van der Waals surface area contributed by atoms with Gasteiger partial charge < -0.3 is 15.7 Å². The molecule has 0 unspecified atom stereocenters. The van der Waals surface area contributed by atoms with Crippen molar-refractivity contribution in [3.8, 4) is 0 Å². The van der Waals surface area contributed by atoms with Crippen LogP contribution in [0.4, 0.5) is 11.6 Å². The Hall–Kier alpha value is -1.36. The molecule has 5 heteroatoms. The van der Waals surface area contributed by atoms with Gasteiger partial charge in [0.1, 0.15) is 17.5 Å². The lowest BCUT2D eigenvalue weighted by atomic mass is 9.82. The van der Waals surface area contributed by atoms with Crippen molar-refractivity contribution in [2.24, 2.45) is 5.92 Å². The minimum Gasteiger partial charge on any atom is -0.393 e. The highest BCUT2D eigenvalue weighted by Gasteiger charge is 2.26. The number of nitrogens with one attached hydrogen (secondary N) is 2. The molecule has 1 fully saturated rings. The first kappa shape index (κ1) is 14.1. The molecule has 0 bridgehead atoms. The van der Waals surface area contributed by atoms with E-state index >= 15 is 0 Å². The number of nitrogens with zero attached hydrogens (tertiary/aromatic N) is 2. The van der Waals surface area contributed by atoms with Crippen molar-refractivity contribution < 1.29 is 5.11 Å². The molecule has 0 aliphatic heterocycles. The van der Waals surface area contributed by atoms with Gasteiger partial charge in [-0.1, -0.05) is 6.92 Å². The molecule has 1 heterocycles. The summed E-state index contributed by atoms with van der Waals surface area (Å²) in [6.07, 6.45) is 2.78. The Morgan fingerprint density at radius 2 is 1.79 bits per heavy atom. The molecule has 0 spiro atoms. The molecule has 1 saturated carbocycles. The standard InChI is InChI=1S/C14H24N4O/c1-4-5-15-13-9(2)14(18-10(3)17-13)16-8-11-6-12(19)7-11/h11-12,19H,4-8H2,1-3H3,(H2,15,16,17,18). The minimum absolute atomic E-state index is 0.0955. The maximum atomic E-state index is 9.29. The molecule has 1 aliphatic carbocycles. The first-order chi connectivity index (χ1) is 9.10. The smallest absolute Gasteiger partial charge is 0.134 e. The molecule has 2 rings (SSSR count). The SMILES string of the molecule is CCCNc1nc(C)nc(NCC2CC(O)C2)c1C. The predicted molar refractivity (Wildman–Crippen MR) is 77.5 cm³/mol. The van der Waals surface area contributed by atoms with Crippen LogP contribution in [0.15, 0.2) is 0 Å². The van der Waals surface area contributed by atoms with Crippen molar-refractivity contribution in [1.29, 1.82) is 0 Å². The van der Waals surface area contributed by atoms with E-state index in [9.17, 15) is 5.11 Å². The van der Waals surface area contributed by atoms with Crippen LogP contribution in [0.2, 0.25) is 0 Å². The van der Waals surface area contributed by atoms with Crippen LogP contribution >= 0.6 is 0 Å². The van der Waals surface area contributed by atoms with Crippen LogP contribution in [-0.2, 0) is 0 Å². The summed E-state index contributed by atoms with van der Waals surface area (Å²) in [5.74, 6) is 3.18. The van der Waals surface area contributed by atoms with E-state index in [1.807, 2.05) is 13.8 Å². The Bertz CT molecular complexity index is 430. The summed E-state index contributed by atoms with van der Waals surface area (Å²) < 4.78 is 0. The third-order valence-electron chi connectivity index (χ3n) is 3.57. The largest absolute Gasteiger partial charge is 0.393 e. The topological polar surface area (TPSA) is 70.1 Å². The first-order valence-electron chi connectivity index (χ1n) is 7.11. The molecule has 5 nitrogen and oxygen atoms in total. The highest BCUT2D eigenvalue weighted by molar-refractivity contribution is 5.57. The fourth-order valence-electron chi connectivity index (χ4n) is 2.32. The predicted octanol–water partition coefficient (Wildman–Crippen LogP) is 2.10. The van der Waals surface area contributed by atoms with Gasteiger partial charge >= 0.3 is 0 Å². The molecule has 1 aliphatic rings. The fraction of sp³-hybridized carbons (Fsp3) is 0.714. The van der Waals surface area contributed by atoms with Crippen LogP contribution in [-0.4, -0.2) is 34.3 Å². The number of aliphatic hydroxyl groups is 1. The van der Waals surface area contributed by atoms with E-state index < -0.39 is 0 Å². The van der Waals surface area contributed by atoms with Gasteiger partial charge in [0, 0.05) is 18.7 Å². The second kappa shape index (κ2) is 6.19. The Morgan fingerprint density at radius 3 is 2.37 bits per heavy atom. The number of rotatable bonds is 6. The fourth-order valence-corrected chi connectivity index (χ4v) is 2.32. The third kappa shape index (κ3) is 3.56. The molecule has 0 atom stereocenters. The summed E-state index contributed by atoms with van der Waals surface area (Å²) in [6, 6.07) is 0. The molecule has 1 aromatic heterocycles. The summed E-state index contributed by atoms with van der Waals surface area (Å²) in [5, 5.41) is 16.0. The normalized spacial score (nSPS) is 21.9. The van der Waals surface area contributed by atoms with Crippen molar-refractivity contribution in [2.75, 3.05) is 23.7 Å². The number of anilines is 2. The zero-order valence-electron chi connectivity index (χ0n) is 12.0. The summed E-state index contributed by atoms with van der Waals surface area (Å²) in [6.45, 7) is 7.88. The van der Waals surface area contributed by atoms with Crippen LogP contribution in [0, 0.1) is 19.8 Å². The van der Waals surface area contributed by atoms with E-state index in [0.717, 1.165) is 55.4 Å². The summed E-state index contributed by atoms with van der Waals surface area (Å²) >= 11 is 0. The number of hydrogen-bond donors (Lipinski definition) is 3. The van der Waals surface area contributed by atoms with Gasteiger partial charge in [-0.2, -0.15) is 0 Å². The summed E-state index contributed by atoms with van der Waals surface area (Å²) in [4.78, 5) is 8.91. The van der Waals surface area contributed by atoms with Crippen LogP contribution in [0.5, 0.6) is 0 Å². The Labute approximate surface area is 114 Å². The van der Waals surface area contributed by atoms with Crippen LogP contribution < -0.4 is 10.6 Å². The first-order valence-corrected chi connectivity index (χ1v) is 7.11. The quantitative estimate of drug-likeness (QED) is 0.734. The molecular formula is C14H24N4O. The minimum atomic E-state index is -0.0955. The van der Waals surface area contributed by atoms with Gasteiger partial charge in [0.15, 0.2) is 0 Å². The van der Waals surface area contributed by atoms with Crippen LogP contribution in [0.25, 0.3) is 0 Å². The lowest BCUT2D eigenvalue weighted by Gasteiger charge is -2.31. The van der Waals surface area contributed by atoms with E-state index in [-0.39, 0.29) is 6.10 Å². The average molecular weight is 264 g/mol. The second-order valence-electron chi connectivity index (χ2n) is 5.39. The highest BCUT2D eigenvalue weighted by atomic mass is 16.3. The Morgan fingerprint density at radius 1 is 1.16 bits per heavy atom. The molecule has 106 valence electrons. The molecule has 0 aromatic carbocycles. The maximum absolute atomic E-state index is 9.29. The molecular weight excluding hydrogens is 240 g/mol. The third-order valence-corrected chi connectivity index (χ3v) is 3.57. The molecule has 0 amide bonds. The van der Waals surface area contributed by atoms with Gasteiger partial charge in [0.2, 0.25) is 0 Å². The van der Waals surface area contributed by atoms with Crippen molar-refractivity contribution in [3.05, 3.63) is 11.4 Å². The van der Waals surface area contributed by atoms with Gasteiger partial charge in [-0.25, -0.2) is 9.97 Å². The van der Waals surface area contributed by atoms with Gasteiger partial charge in [0.05, 0.1) is 6.10 Å². The van der Waals surface area contributed by atoms with E-state index in [4.69, 9.17) is 0 Å². The van der Waals surface area contributed by atoms with E-state index in [0.29, 0.717) is 5.92 Å². The van der Waals surface area contributed by atoms with E-state index in [2.05, 4.69) is 27.5 Å².